The van der Waals surface area contributed by atoms with Crippen LogP contribution in [0, 0.1) is 0 Å². The lowest BCUT2D eigenvalue weighted by molar-refractivity contribution is 0.257. The van der Waals surface area contributed by atoms with Crippen LogP contribution in [-0.2, 0) is 0 Å². The van der Waals surface area contributed by atoms with E-state index in [4.69, 9.17) is 0 Å². The molecule has 0 atom stereocenters. The van der Waals surface area contributed by atoms with Crippen LogP contribution in [0.3, 0.4) is 0 Å². The number of unbranched alkanes of at least 4 members (excludes halogenated alkanes) is 8. The van der Waals surface area contributed by atoms with Gasteiger partial charge in [-0.25, -0.2) is 4.79 Å². The summed E-state index contributed by atoms with van der Waals surface area (Å²) in [6.07, 6.45) is 14.4. The predicted molar refractivity (Wildman–Crippen MR) is 73.2 cm³/mol. The number of aliphatic imine (C=N–C) groups is 2. The number of nitrogens with zero attached hydrogens (tertiary/aromatic N) is 2. The van der Waals surface area contributed by atoms with Crippen molar-refractivity contribution in [3.63, 3.8) is 0 Å². The normalized spacial score (nSPS) is 14.4. The van der Waals surface area contributed by atoms with Crippen LogP contribution in [0.4, 0.5) is 4.79 Å². The van der Waals surface area contributed by atoms with E-state index in [1.165, 1.54) is 51.4 Å². The summed E-state index contributed by atoms with van der Waals surface area (Å²) in [5.74, 6) is 0. The molecule has 96 valence electrons. The third-order valence-corrected chi connectivity index (χ3v) is 3.10. The number of hydrogen-bond acceptors (Lipinski definition) is 1. The van der Waals surface area contributed by atoms with Gasteiger partial charge in [0.05, 0.1) is 11.9 Å². The molecule has 0 aromatic heterocycles. The number of urea groups is 1. The van der Waals surface area contributed by atoms with E-state index >= 15 is 0 Å². The van der Waals surface area contributed by atoms with E-state index < -0.39 is 0 Å². The van der Waals surface area contributed by atoms with Gasteiger partial charge >= 0.3 is 6.03 Å². The standard InChI is InChI=1S/C14H24N2O/c1-2-3-4-5-6-7-8-9-10-11-13-12-15-14(17)16-13/h12H,2-11H2,1H3. The van der Waals surface area contributed by atoms with Gasteiger partial charge in [0.2, 0.25) is 0 Å². The Morgan fingerprint density at radius 1 is 0.941 bits per heavy atom. The molecule has 0 aromatic carbocycles. The molecule has 0 aliphatic carbocycles. The zero-order chi connectivity index (χ0) is 12.3. The van der Waals surface area contributed by atoms with Crippen molar-refractivity contribution < 1.29 is 4.79 Å². The Bertz CT molecular complexity index is 282. The van der Waals surface area contributed by atoms with Crippen LogP contribution in [-0.4, -0.2) is 18.0 Å². The second kappa shape index (κ2) is 9.08. The molecule has 0 unspecified atom stereocenters. The monoisotopic (exact) mass is 236 g/mol. The van der Waals surface area contributed by atoms with Crippen molar-refractivity contribution in [1.29, 1.82) is 0 Å². The number of carbonyl (C=O) groups excluding carboxylic acids is 1. The van der Waals surface area contributed by atoms with Gasteiger partial charge in [0.1, 0.15) is 0 Å². The maximum absolute atomic E-state index is 10.7. The van der Waals surface area contributed by atoms with Crippen molar-refractivity contribution in [2.75, 3.05) is 0 Å². The van der Waals surface area contributed by atoms with Crippen LogP contribution in [0.1, 0.15) is 71.1 Å². The molecule has 1 aliphatic rings. The molecule has 0 fully saturated rings. The van der Waals surface area contributed by atoms with Crippen LogP contribution < -0.4 is 0 Å². The summed E-state index contributed by atoms with van der Waals surface area (Å²) in [5, 5.41) is 0. The van der Waals surface area contributed by atoms with Crippen molar-refractivity contribution in [3.8, 4) is 0 Å². The summed E-state index contributed by atoms with van der Waals surface area (Å²) in [5.41, 5.74) is 0.859. The third kappa shape index (κ3) is 7.03. The van der Waals surface area contributed by atoms with Gasteiger partial charge in [-0.15, -0.1) is 0 Å². The van der Waals surface area contributed by atoms with Crippen molar-refractivity contribution in [2.45, 2.75) is 71.1 Å². The fourth-order valence-corrected chi connectivity index (χ4v) is 2.05. The molecule has 2 amide bonds. The summed E-state index contributed by atoms with van der Waals surface area (Å²) in [6.45, 7) is 2.25. The molecule has 1 aliphatic heterocycles. The number of amides is 2. The van der Waals surface area contributed by atoms with E-state index in [2.05, 4.69) is 16.9 Å². The molecular weight excluding hydrogens is 212 g/mol. The Balaban J connectivity index is 1.83. The Morgan fingerprint density at radius 2 is 1.53 bits per heavy atom. The molecule has 1 rings (SSSR count). The van der Waals surface area contributed by atoms with E-state index in [1.807, 2.05) is 0 Å². The first-order valence-electron chi connectivity index (χ1n) is 6.98. The molecule has 0 spiro atoms. The minimum Gasteiger partial charge on any atom is -0.244 e. The Labute approximate surface area is 104 Å². The summed E-state index contributed by atoms with van der Waals surface area (Å²) in [6, 6.07) is -0.337. The summed E-state index contributed by atoms with van der Waals surface area (Å²) in [4.78, 5) is 18.1. The average Bonchev–Trinajstić information content (AvgIpc) is 2.73. The first kappa shape index (κ1) is 14.1. The highest BCUT2D eigenvalue weighted by atomic mass is 16.2. The van der Waals surface area contributed by atoms with E-state index in [-0.39, 0.29) is 6.03 Å². The van der Waals surface area contributed by atoms with Crippen molar-refractivity contribution >= 4 is 18.0 Å². The summed E-state index contributed by atoms with van der Waals surface area (Å²) < 4.78 is 0. The quantitative estimate of drug-likeness (QED) is 0.513. The Kier molecular flexibility index (Phi) is 7.52. The van der Waals surface area contributed by atoms with E-state index in [0.717, 1.165) is 18.6 Å². The third-order valence-electron chi connectivity index (χ3n) is 3.10. The highest BCUT2D eigenvalue weighted by Gasteiger charge is 2.06. The first-order valence-corrected chi connectivity index (χ1v) is 6.98. The van der Waals surface area contributed by atoms with E-state index in [0.29, 0.717) is 0 Å². The fraction of sp³-hybridized carbons (Fsp3) is 0.786. The summed E-state index contributed by atoms with van der Waals surface area (Å²) >= 11 is 0. The van der Waals surface area contributed by atoms with Gasteiger partial charge in [-0.1, -0.05) is 58.3 Å². The SMILES string of the molecule is CCCCCCCCCCCC1=NC(=O)N=C1. The lowest BCUT2D eigenvalue weighted by Gasteiger charge is -2.01. The smallest absolute Gasteiger partial charge is 0.244 e. The first-order chi connectivity index (χ1) is 8.33. The van der Waals surface area contributed by atoms with Crippen molar-refractivity contribution in [2.24, 2.45) is 9.98 Å². The molecule has 0 saturated carbocycles. The van der Waals surface area contributed by atoms with Crippen LogP contribution in [0.2, 0.25) is 0 Å². The van der Waals surface area contributed by atoms with Gasteiger partial charge in [-0.2, -0.15) is 9.98 Å². The minimum atomic E-state index is -0.337. The van der Waals surface area contributed by atoms with Crippen LogP contribution in [0.25, 0.3) is 0 Å². The zero-order valence-electron chi connectivity index (χ0n) is 11.0. The molecule has 0 radical (unpaired) electrons. The maximum Gasteiger partial charge on any atom is 0.367 e. The minimum absolute atomic E-state index is 0.337. The van der Waals surface area contributed by atoms with Crippen molar-refractivity contribution in [1.82, 2.24) is 0 Å². The zero-order valence-corrected chi connectivity index (χ0v) is 11.0. The lowest BCUT2D eigenvalue weighted by atomic mass is 10.1. The highest BCUT2D eigenvalue weighted by molar-refractivity contribution is 6.37. The average molecular weight is 236 g/mol. The van der Waals surface area contributed by atoms with E-state index in [9.17, 15) is 4.79 Å². The summed E-state index contributed by atoms with van der Waals surface area (Å²) in [7, 11) is 0. The second-order valence-corrected chi connectivity index (χ2v) is 4.72. The maximum atomic E-state index is 10.7. The van der Waals surface area contributed by atoms with E-state index in [1.54, 1.807) is 6.21 Å². The largest absolute Gasteiger partial charge is 0.367 e. The molecule has 0 saturated heterocycles. The lowest BCUT2D eigenvalue weighted by Crippen LogP contribution is -1.96. The number of hydrogen-bond donors (Lipinski definition) is 0. The molecular formula is C14H24N2O. The van der Waals surface area contributed by atoms with Crippen LogP contribution >= 0.6 is 0 Å². The molecule has 3 heteroatoms. The molecule has 0 bridgehead atoms. The predicted octanol–water partition coefficient (Wildman–Crippen LogP) is 4.55. The van der Waals surface area contributed by atoms with Gasteiger partial charge in [0, 0.05) is 0 Å². The topological polar surface area (TPSA) is 41.8 Å². The molecule has 17 heavy (non-hydrogen) atoms. The number of rotatable bonds is 10. The number of carbonyl (C=O) groups is 1. The Hall–Kier alpha value is -0.990. The molecule has 1 heterocycles. The second-order valence-electron chi connectivity index (χ2n) is 4.72. The van der Waals surface area contributed by atoms with Crippen LogP contribution in [0.15, 0.2) is 9.98 Å². The van der Waals surface area contributed by atoms with Gasteiger partial charge in [-0.05, 0) is 12.8 Å². The molecule has 0 N–H and O–H groups in total. The highest BCUT2D eigenvalue weighted by Crippen LogP contribution is 2.11. The van der Waals surface area contributed by atoms with Crippen molar-refractivity contribution in [3.05, 3.63) is 0 Å². The van der Waals surface area contributed by atoms with Gasteiger partial charge in [0.15, 0.2) is 0 Å². The molecule has 3 nitrogen and oxygen atoms in total. The van der Waals surface area contributed by atoms with Gasteiger partial charge in [-0.3, -0.25) is 0 Å². The Morgan fingerprint density at radius 3 is 2.06 bits per heavy atom. The molecule has 0 aromatic rings. The fourth-order valence-electron chi connectivity index (χ4n) is 2.05. The van der Waals surface area contributed by atoms with Crippen LogP contribution in [0.5, 0.6) is 0 Å². The van der Waals surface area contributed by atoms with Gasteiger partial charge in [0.25, 0.3) is 0 Å². The van der Waals surface area contributed by atoms with Gasteiger partial charge < -0.3 is 0 Å².